The average Bonchev–Trinajstić information content (AvgIpc) is 2.66. The molecule has 2 N–H and O–H groups in total. The van der Waals surface area contributed by atoms with Gasteiger partial charge in [-0.25, -0.2) is 4.79 Å². The minimum Gasteiger partial charge on any atom is -0.497 e. The number of carbonyl (C=O) groups is 2. The van der Waals surface area contributed by atoms with E-state index in [1.807, 2.05) is 6.07 Å². The van der Waals surface area contributed by atoms with Gasteiger partial charge in [0.25, 0.3) is 5.91 Å². The third-order valence-electron chi connectivity index (χ3n) is 3.51. The first-order chi connectivity index (χ1) is 12.5. The Morgan fingerprint density at radius 1 is 1.15 bits per heavy atom. The highest BCUT2D eigenvalue weighted by Crippen LogP contribution is 2.27. The average molecular weight is 352 g/mol. The van der Waals surface area contributed by atoms with E-state index in [2.05, 4.69) is 5.32 Å². The van der Waals surface area contributed by atoms with Crippen molar-refractivity contribution in [1.29, 1.82) is 5.26 Å². The molecule has 0 radical (unpaired) electrons. The molecule has 0 fully saturated rings. The minimum atomic E-state index is -1.18. The standard InChI is InChI=1S/C19H16N2O5/c1-25-14-8-7-12(17(10-14)26-2)9-13(11-20)18(22)21-16-6-4-3-5-15(16)19(23)24/h3-10H,1-2H3,(H,21,22)(H,23,24). The SMILES string of the molecule is COc1ccc(C=C(C#N)C(=O)Nc2ccccc2C(=O)O)c(OC)c1. The van der Waals surface area contributed by atoms with E-state index in [0.717, 1.165) is 0 Å². The predicted octanol–water partition coefficient (Wildman–Crippen LogP) is 2.95. The van der Waals surface area contributed by atoms with E-state index < -0.39 is 11.9 Å². The van der Waals surface area contributed by atoms with Gasteiger partial charge < -0.3 is 19.9 Å². The van der Waals surface area contributed by atoms with Crippen molar-refractivity contribution in [2.45, 2.75) is 0 Å². The van der Waals surface area contributed by atoms with Crippen LogP contribution in [0.4, 0.5) is 5.69 Å². The molecule has 0 unspecified atom stereocenters. The van der Waals surface area contributed by atoms with Gasteiger partial charge in [-0.15, -0.1) is 0 Å². The molecule has 0 bridgehead atoms. The molecule has 132 valence electrons. The van der Waals surface area contributed by atoms with Gasteiger partial charge in [0.15, 0.2) is 0 Å². The van der Waals surface area contributed by atoms with Crippen molar-refractivity contribution in [3.63, 3.8) is 0 Å². The number of nitrogens with zero attached hydrogens (tertiary/aromatic N) is 1. The van der Waals surface area contributed by atoms with Gasteiger partial charge in [0, 0.05) is 11.6 Å². The second-order valence-corrected chi connectivity index (χ2v) is 5.08. The summed E-state index contributed by atoms with van der Waals surface area (Å²) < 4.78 is 10.3. The molecular weight excluding hydrogens is 336 g/mol. The Morgan fingerprint density at radius 3 is 2.50 bits per heavy atom. The van der Waals surface area contributed by atoms with Crippen molar-refractivity contribution in [3.05, 3.63) is 59.2 Å². The fourth-order valence-electron chi connectivity index (χ4n) is 2.21. The summed E-state index contributed by atoms with van der Waals surface area (Å²) in [5.74, 6) is -0.910. The van der Waals surface area contributed by atoms with Gasteiger partial charge >= 0.3 is 5.97 Å². The van der Waals surface area contributed by atoms with Crippen LogP contribution in [0.3, 0.4) is 0 Å². The maximum absolute atomic E-state index is 12.4. The van der Waals surface area contributed by atoms with Crippen LogP contribution in [-0.4, -0.2) is 31.2 Å². The number of anilines is 1. The second-order valence-electron chi connectivity index (χ2n) is 5.08. The van der Waals surface area contributed by atoms with Crippen molar-refractivity contribution in [2.75, 3.05) is 19.5 Å². The number of aromatic carboxylic acids is 1. The number of nitrogens with one attached hydrogen (secondary N) is 1. The molecule has 0 aliphatic heterocycles. The lowest BCUT2D eigenvalue weighted by Gasteiger charge is -2.09. The summed E-state index contributed by atoms with van der Waals surface area (Å²) in [7, 11) is 2.97. The molecule has 0 aromatic heterocycles. The second kappa shape index (κ2) is 8.35. The molecule has 0 spiro atoms. The van der Waals surface area contributed by atoms with E-state index in [9.17, 15) is 14.9 Å². The van der Waals surface area contributed by atoms with E-state index in [0.29, 0.717) is 17.1 Å². The van der Waals surface area contributed by atoms with Gasteiger partial charge in [-0.05, 0) is 30.3 Å². The number of methoxy groups -OCH3 is 2. The molecule has 0 aliphatic carbocycles. The lowest BCUT2D eigenvalue weighted by atomic mass is 10.1. The topological polar surface area (TPSA) is 109 Å². The van der Waals surface area contributed by atoms with Crippen LogP contribution in [0.15, 0.2) is 48.0 Å². The first-order valence-corrected chi connectivity index (χ1v) is 7.47. The number of benzene rings is 2. The molecule has 7 heteroatoms. The van der Waals surface area contributed by atoms with Crippen molar-refractivity contribution in [1.82, 2.24) is 0 Å². The van der Waals surface area contributed by atoms with Gasteiger partial charge in [-0.2, -0.15) is 5.26 Å². The highest BCUT2D eigenvalue weighted by molar-refractivity contribution is 6.11. The Bertz CT molecular complexity index is 912. The molecule has 2 aromatic rings. The number of ether oxygens (including phenoxy) is 2. The highest BCUT2D eigenvalue weighted by atomic mass is 16.5. The van der Waals surface area contributed by atoms with Crippen molar-refractivity contribution >= 4 is 23.6 Å². The summed E-state index contributed by atoms with van der Waals surface area (Å²) in [6, 6.07) is 12.7. The van der Waals surface area contributed by atoms with Crippen molar-refractivity contribution in [3.8, 4) is 17.6 Å². The van der Waals surface area contributed by atoms with Gasteiger partial charge in [0.2, 0.25) is 0 Å². The summed E-state index contributed by atoms with van der Waals surface area (Å²) in [6.45, 7) is 0. The zero-order valence-corrected chi connectivity index (χ0v) is 14.1. The Balaban J connectivity index is 2.34. The molecule has 2 aromatic carbocycles. The Hall–Kier alpha value is -3.79. The van der Waals surface area contributed by atoms with Crippen LogP contribution in [0.25, 0.3) is 6.08 Å². The molecule has 0 atom stereocenters. The summed E-state index contributed by atoms with van der Waals surface area (Å²) in [5, 5.41) is 20.9. The monoisotopic (exact) mass is 352 g/mol. The Kier molecular flexibility index (Phi) is 5.96. The molecule has 1 amide bonds. The quantitative estimate of drug-likeness (QED) is 0.611. The molecule has 0 saturated carbocycles. The molecule has 0 saturated heterocycles. The number of carboxylic acid groups (broad SMARTS) is 1. The summed E-state index contributed by atoms with van der Waals surface area (Å²) in [5.41, 5.74) is 0.341. The third kappa shape index (κ3) is 4.19. The smallest absolute Gasteiger partial charge is 0.337 e. The van der Waals surface area contributed by atoms with E-state index in [1.165, 1.54) is 32.4 Å². The molecular formula is C19H16N2O5. The number of nitriles is 1. The van der Waals surface area contributed by atoms with Crippen LogP contribution < -0.4 is 14.8 Å². The molecule has 0 heterocycles. The first-order valence-electron chi connectivity index (χ1n) is 7.47. The lowest BCUT2D eigenvalue weighted by molar-refractivity contribution is -0.112. The van der Waals surface area contributed by atoms with Crippen LogP contribution in [0.1, 0.15) is 15.9 Å². The summed E-state index contributed by atoms with van der Waals surface area (Å²) >= 11 is 0. The van der Waals surface area contributed by atoms with E-state index >= 15 is 0 Å². The predicted molar refractivity (Wildman–Crippen MR) is 95.2 cm³/mol. The number of carbonyl (C=O) groups excluding carboxylic acids is 1. The lowest BCUT2D eigenvalue weighted by Crippen LogP contribution is -2.16. The molecule has 26 heavy (non-hydrogen) atoms. The largest absolute Gasteiger partial charge is 0.497 e. The van der Waals surface area contributed by atoms with Crippen LogP contribution in [0.2, 0.25) is 0 Å². The van der Waals surface area contributed by atoms with Gasteiger partial charge in [0.05, 0.1) is 25.5 Å². The number of hydrogen-bond donors (Lipinski definition) is 2. The van der Waals surface area contributed by atoms with Crippen LogP contribution in [0.5, 0.6) is 11.5 Å². The third-order valence-corrected chi connectivity index (χ3v) is 3.51. The maximum atomic E-state index is 12.4. The maximum Gasteiger partial charge on any atom is 0.337 e. The normalized spacial score (nSPS) is 10.6. The van der Waals surface area contributed by atoms with Gasteiger partial charge in [0.1, 0.15) is 23.1 Å². The summed E-state index contributed by atoms with van der Waals surface area (Å²) in [6.07, 6.45) is 1.36. The fraction of sp³-hybridized carbons (Fsp3) is 0.105. The zero-order valence-electron chi connectivity index (χ0n) is 14.1. The van der Waals surface area contributed by atoms with Gasteiger partial charge in [-0.1, -0.05) is 12.1 Å². The Morgan fingerprint density at radius 2 is 1.88 bits per heavy atom. The zero-order chi connectivity index (χ0) is 19.1. The number of carboxylic acids is 1. The molecule has 2 rings (SSSR count). The van der Waals surface area contributed by atoms with Crippen LogP contribution in [0, 0.1) is 11.3 Å². The van der Waals surface area contributed by atoms with Crippen molar-refractivity contribution in [2.24, 2.45) is 0 Å². The molecule has 7 nitrogen and oxygen atoms in total. The first kappa shape index (κ1) is 18.5. The van der Waals surface area contributed by atoms with E-state index in [4.69, 9.17) is 14.6 Å². The Labute approximate surface area is 150 Å². The van der Waals surface area contributed by atoms with Crippen molar-refractivity contribution < 1.29 is 24.2 Å². The highest BCUT2D eigenvalue weighted by Gasteiger charge is 2.15. The number of hydrogen-bond acceptors (Lipinski definition) is 5. The fourth-order valence-corrected chi connectivity index (χ4v) is 2.21. The number of amides is 1. The molecule has 0 aliphatic rings. The van der Waals surface area contributed by atoms with Crippen LogP contribution >= 0.6 is 0 Å². The van der Waals surface area contributed by atoms with Crippen LogP contribution in [-0.2, 0) is 4.79 Å². The van der Waals surface area contributed by atoms with Gasteiger partial charge in [-0.3, -0.25) is 4.79 Å². The summed E-state index contributed by atoms with van der Waals surface area (Å²) in [4.78, 5) is 23.6. The van der Waals surface area contributed by atoms with E-state index in [-0.39, 0.29) is 16.8 Å². The minimum absolute atomic E-state index is 0.0693. The van der Waals surface area contributed by atoms with E-state index in [1.54, 1.807) is 30.3 Å². The number of para-hydroxylation sites is 1. The number of rotatable bonds is 6.